The Hall–Kier alpha value is -0.880. The zero-order valence-corrected chi connectivity index (χ0v) is 11.9. The first-order valence-corrected chi connectivity index (χ1v) is 7.06. The third kappa shape index (κ3) is 4.95. The summed E-state index contributed by atoms with van der Waals surface area (Å²) >= 11 is 6.88. The first-order valence-electron chi connectivity index (χ1n) is 5.69. The van der Waals surface area contributed by atoms with Crippen molar-refractivity contribution in [2.45, 2.75) is 25.6 Å². The maximum Gasteiger partial charge on any atom is 0.185 e. The van der Waals surface area contributed by atoms with Crippen molar-refractivity contribution in [3.63, 3.8) is 0 Å². The molecule has 0 saturated heterocycles. The zero-order chi connectivity index (χ0) is 14.4. The number of halogens is 1. The van der Waals surface area contributed by atoms with Gasteiger partial charge in [-0.05, 0) is 24.1 Å². The number of aliphatic hydroxyl groups excluding tert-OH is 2. The first-order chi connectivity index (χ1) is 8.95. The highest BCUT2D eigenvalue weighted by atomic mass is 35.5. The van der Waals surface area contributed by atoms with Crippen molar-refractivity contribution in [2.75, 3.05) is 5.75 Å². The van der Waals surface area contributed by atoms with Gasteiger partial charge < -0.3 is 10.2 Å². The second-order valence-electron chi connectivity index (χ2n) is 4.04. The highest BCUT2D eigenvalue weighted by molar-refractivity contribution is 8.13. The van der Waals surface area contributed by atoms with Crippen LogP contribution in [0.25, 0.3) is 0 Å². The summed E-state index contributed by atoms with van der Waals surface area (Å²) in [5.74, 6) is 0.432. The number of hydrogen-bond acceptors (Lipinski definition) is 5. The maximum atomic E-state index is 10.8. The molecule has 0 aliphatic carbocycles. The van der Waals surface area contributed by atoms with E-state index in [1.165, 1.54) is 19.1 Å². The average Bonchev–Trinajstić information content (AvgIpc) is 2.38. The Morgan fingerprint density at radius 2 is 2.16 bits per heavy atom. The van der Waals surface area contributed by atoms with Gasteiger partial charge in [-0.3, -0.25) is 9.59 Å². The third-order valence-electron chi connectivity index (χ3n) is 2.57. The highest BCUT2D eigenvalue weighted by Crippen LogP contribution is 2.24. The van der Waals surface area contributed by atoms with Crippen molar-refractivity contribution in [3.8, 4) is 0 Å². The van der Waals surface area contributed by atoms with Gasteiger partial charge in [0.2, 0.25) is 0 Å². The largest absolute Gasteiger partial charge is 0.390 e. The number of carbonyl (C=O) groups is 2. The minimum Gasteiger partial charge on any atom is -0.390 e. The molecule has 0 bridgehead atoms. The summed E-state index contributed by atoms with van der Waals surface area (Å²) in [6, 6.07) is 4.50. The van der Waals surface area contributed by atoms with E-state index in [-0.39, 0.29) is 17.1 Å². The SMILES string of the molecule is CC(=O)SCCC(O)C(O)c1ccc(Cl)c(C=O)c1. The molecular formula is C13H15ClO4S. The Labute approximate surface area is 120 Å². The summed E-state index contributed by atoms with van der Waals surface area (Å²) in [5.41, 5.74) is 0.690. The van der Waals surface area contributed by atoms with Crippen LogP contribution in [-0.2, 0) is 4.79 Å². The normalized spacial score (nSPS) is 13.9. The van der Waals surface area contributed by atoms with Gasteiger partial charge in [-0.1, -0.05) is 29.4 Å². The lowest BCUT2D eigenvalue weighted by Gasteiger charge is -2.18. The monoisotopic (exact) mass is 302 g/mol. The van der Waals surface area contributed by atoms with Crippen molar-refractivity contribution in [3.05, 3.63) is 34.3 Å². The molecule has 0 amide bonds. The number of aldehydes is 1. The molecule has 1 aromatic carbocycles. The van der Waals surface area contributed by atoms with Crippen molar-refractivity contribution >= 4 is 34.8 Å². The minimum absolute atomic E-state index is 0.0311. The molecule has 0 radical (unpaired) electrons. The highest BCUT2D eigenvalue weighted by Gasteiger charge is 2.19. The third-order valence-corrected chi connectivity index (χ3v) is 3.76. The molecule has 1 rings (SSSR count). The fourth-order valence-corrected chi connectivity index (χ4v) is 2.35. The molecule has 2 N–H and O–H groups in total. The number of rotatable bonds is 6. The lowest BCUT2D eigenvalue weighted by molar-refractivity contribution is -0.109. The zero-order valence-electron chi connectivity index (χ0n) is 10.4. The molecule has 1 aromatic rings. The van der Waals surface area contributed by atoms with Gasteiger partial charge in [0.15, 0.2) is 11.4 Å². The fraction of sp³-hybridized carbons (Fsp3) is 0.385. The maximum absolute atomic E-state index is 10.8. The second kappa shape index (κ2) is 7.65. The summed E-state index contributed by atoms with van der Waals surface area (Å²) in [4.78, 5) is 21.5. The molecule has 6 heteroatoms. The minimum atomic E-state index is -1.11. The van der Waals surface area contributed by atoms with Crippen LogP contribution in [0, 0.1) is 0 Å². The average molecular weight is 303 g/mol. The van der Waals surface area contributed by atoms with E-state index < -0.39 is 12.2 Å². The van der Waals surface area contributed by atoms with Crippen molar-refractivity contribution in [1.82, 2.24) is 0 Å². The predicted molar refractivity (Wildman–Crippen MR) is 75.6 cm³/mol. The topological polar surface area (TPSA) is 74.6 Å². The van der Waals surface area contributed by atoms with Gasteiger partial charge in [-0.25, -0.2) is 0 Å². The van der Waals surface area contributed by atoms with E-state index in [0.29, 0.717) is 22.6 Å². The Morgan fingerprint density at radius 3 is 2.74 bits per heavy atom. The van der Waals surface area contributed by atoms with Gasteiger partial charge in [0.05, 0.1) is 11.1 Å². The number of hydrogen-bond donors (Lipinski definition) is 2. The Bertz CT molecular complexity index is 464. The van der Waals surface area contributed by atoms with Crippen LogP contribution < -0.4 is 0 Å². The molecule has 0 spiro atoms. The standard InChI is InChI=1S/C13H15ClO4S/c1-8(16)19-5-4-12(17)13(18)9-2-3-11(14)10(6-9)7-15/h2-3,6-7,12-13,17-18H,4-5H2,1H3. The molecule has 0 heterocycles. The smallest absolute Gasteiger partial charge is 0.185 e. The van der Waals surface area contributed by atoms with Crippen LogP contribution in [0.5, 0.6) is 0 Å². The summed E-state index contributed by atoms with van der Waals surface area (Å²) < 4.78 is 0. The van der Waals surface area contributed by atoms with E-state index in [0.717, 1.165) is 11.8 Å². The first kappa shape index (κ1) is 16.2. The molecular weight excluding hydrogens is 288 g/mol. The molecule has 104 valence electrons. The van der Waals surface area contributed by atoms with E-state index in [1.54, 1.807) is 6.07 Å². The van der Waals surface area contributed by atoms with E-state index >= 15 is 0 Å². The molecule has 0 aliphatic rings. The summed E-state index contributed by atoms with van der Waals surface area (Å²) in [5, 5.41) is 20.1. The van der Waals surface area contributed by atoms with E-state index in [9.17, 15) is 19.8 Å². The van der Waals surface area contributed by atoms with Crippen LogP contribution in [0.2, 0.25) is 5.02 Å². The van der Waals surface area contributed by atoms with Gasteiger partial charge >= 0.3 is 0 Å². The molecule has 0 saturated carbocycles. The molecule has 0 aromatic heterocycles. The quantitative estimate of drug-likeness (QED) is 0.788. The number of benzene rings is 1. The Kier molecular flexibility index (Phi) is 6.51. The Morgan fingerprint density at radius 1 is 1.47 bits per heavy atom. The lowest BCUT2D eigenvalue weighted by atomic mass is 10.0. The second-order valence-corrected chi connectivity index (χ2v) is 5.72. The molecule has 4 nitrogen and oxygen atoms in total. The van der Waals surface area contributed by atoms with E-state index in [4.69, 9.17) is 11.6 Å². The van der Waals surface area contributed by atoms with Gasteiger partial charge in [-0.2, -0.15) is 0 Å². The van der Waals surface area contributed by atoms with E-state index in [1.807, 2.05) is 0 Å². The lowest BCUT2D eigenvalue weighted by Crippen LogP contribution is -2.19. The van der Waals surface area contributed by atoms with Gasteiger partial charge in [0.1, 0.15) is 6.10 Å². The van der Waals surface area contributed by atoms with E-state index in [2.05, 4.69) is 0 Å². The molecule has 19 heavy (non-hydrogen) atoms. The van der Waals surface area contributed by atoms with Crippen LogP contribution in [0.3, 0.4) is 0 Å². The van der Waals surface area contributed by atoms with Crippen molar-refractivity contribution in [1.29, 1.82) is 0 Å². The van der Waals surface area contributed by atoms with Crippen molar-refractivity contribution < 1.29 is 19.8 Å². The molecule has 0 aliphatic heterocycles. The summed E-state index contributed by atoms with van der Waals surface area (Å²) in [7, 11) is 0. The van der Waals surface area contributed by atoms with Gasteiger partial charge in [-0.15, -0.1) is 0 Å². The van der Waals surface area contributed by atoms with Crippen LogP contribution in [0.4, 0.5) is 0 Å². The molecule has 2 atom stereocenters. The van der Waals surface area contributed by atoms with Crippen LogP contribution in [0.15, 0.2) is 18.2 Å². The number of thioether (sulfide) groups is 1. The van der Waals surface area contributed by atoms with Crippen LogP contribution >= 0.6 is 23.4 Å². The fourth-order valence-electron chi connectivity index (χ4n) is 1.54. The molecule has 2 unspecified atom stereocenters. The summed E-state index contributed by atoms with van der Waals surface area (Å²) in [6.45, 7) is 1.45. The van der Waals surface area contributed by atoms with Gasteiger partial charge in [0, 0.05) is 18.2 Å². The predicted octanol–water partition coefficient (Wildman–Crippen LogP) is 2.22. The number of carbonyl (C=O) groups excluding carboxylic acids is 2. The molecule has 0 fully saturated rings. The van der Waals surface area contributed by atoms with Crippen molar-refractivity contribution in [2.24, 2.45) is 0 Å². The Balaban J connectivity index is 2.68. The summed E-state index contributed by atoms with van der Waals surface area (Å²) in [6.07, 6.45) is -1.22. The van der Waals surface area contributed by atoms with Crippen LogP contribution in [-0.4, -0.2) is 33.5 Å². The van der Waals surface area contributed by atoms with Gasteiger partial charge in [0.25, 0.3) is 0 Å². The van der Waals surface area contributed by atoms with Crippen LogP contribution in [0.1, 0.15) is 35.4 Å². The number of aliphatic hydroxyl groups is 2.